The maximum Gasteiger partial charge on any atom is 0.241 e. The summed E-state index contributed by atoms with van der Waals surface area (Å²) in [6, 6.07) is 7.93. The maximum absolute atomic E-state index is 12.5. The molecule has 1 heterocycles. The van der Waals surface area contributed by atoms with Crippen molar-refractivity contribution in [2.45, 2.75) is 51.7 Å². The topological polar surface area (TPSA) is 41.6 Å². The number of rotatable bonds is 7. The standard InChI is InChI=1S/C17H26N2O2/c1-4-6-7-15-17(20)19(12-5-2)16(18-15)13-8-10-14(21-3)11-9-13/h8-11,15-16,18H,4-7,12H2,1-3H3. The van der Waals surface area contributed by atoms with Gasteiger partial charge >= 0.3 is 0 Å². The van der Waals surface area contributed by atoms with Gasteiger partial charge in [0.2, 0.25) is 5.91 Å². The first-order valence-electron chi connectivity index (χ1n) is 7.91. The lowest BCUT2D eigenvalue weighted by molar-refractivity contribution is -0.130. The number of ether oxygens (including phenoxy) is 1. The number of carbonyl (C=O) groups is 1. The smallest absolute Gasteiger partial charge is 0.241 e. The maximum atomic E-state index is 12.5. The van der Waals surface area contributed by atoms with Crippen LogP contribution in [0.25, 0.3) is 0 Å². The van der Waals surface area contributed by atoms with E-state index in [4.69, 9.17) is 4.74 Å². The molecular weight excluding hydrogens is 264 g/mol. The fourth-order valence-corrected chi connectivity index (χ4v) is 2.84. The molecule has 1 amide bonds. The molecular formula is C17H26N2O2. The quantitative estimate of drug-likeness (QED) is 0.839. The minimum Gasteiger partial charge on any atom is -0.497 e. The Bertz CT molecular complexity index is 458. The van der Waals surface area contributed by atoms with Gasteiger partial charge in [-0.1, -0.05) is 38.8 Å². The lowest BCUT2D eigenvalue weighted by Crippen LogP contribution is -2.31. The first-order valence-corrected chi connectivity index (χ1v) is 7.91. The molecule has 0 radical (unpaired) electrons. The summed E-state index contributed by atoms with van der Waals surface area (Å²) < 4.78 is 5.20. The van der Waals surface area contributed by atoms with Crippen molar-refractivity contribution in [2.24, 2.45) is 0 Å². The molecule has 0 aliphatic carbocycles. The Balaban J connectivity index is 2.16. The Hall–Kier alpha value is -1.55. The van der Waals surface area contributed by atoms with Crippen LogP contribution in [-0.4, -0.2) is 30.5 Å². The monoisotopic (exact) mass is 290 g/mol. The minimum atomic E-state index is -0.0383. The van der Waals surface area contributed by atoms with E-state index in [0.29, 0.717) is 0 Å². The number of nitrogens with zero attached hydrogens (tertiary/aromatic N) is 1. The van der Waals surface area contributed by atoms with E-state index in [1.54, 1.807) is 7.11 Å². The van der Waals surface area contributed by atoms with E-state index >= 15 is 0 Å². The van der Waals surface area contributed by atoms with Gasteiger partial charge in [-0.05, 0) is 30.5 Å². The number of hydrogen-bond acceptors (Lipinski definition) is 3. The average molecular weight is 290 g/mol. The van der Waals surface area contributed by atoms with Gasteiger partial charge in [0.1, 0.15) is 11.9 Å². The van der Waals surface area contributed by atoms with Crippen molar-refractivity contribution in [3.8, 4) is 5.75 Å². The lowest BCUT2D eigenvalue weighted by Gasteiger charge is -2.24. The summed E-state index contributed by atoms with van der Waals surface area (Å²) in [5.74, 6) is 1.08. The van der Waals surface area contributed by atoms with Crippen molar-refractivity contribution in [1.82, 2.24) is 10.2 Å². The number of amides is 1. The molecule has 0 bridgehead atoms. The third-order valence-electron chi connectivity index (χ3n) is 3.99. The Labute approximate surface area is 127 Å². The molecule has 4 nitrogen and oxygen atoms in total. The SMILES string of the molecule is CCCCC1NC(c2ccc(OC)cc2)N(CCC)C1=O. The van der Waals surface area contributed by atoms with E-state index in [1.165, 1.54) is 0 Å². The molecule has 4 heteroatoms. The zero-order valence-corrected chi connectivity index (χ0v) is 13.3. The molecule has 1 fully saturated rings. The summed E-state index contributed by atoms with van der Waals surface area (Å²) in [5, 5.41) is 3.50. The Morgan fingerprint density at radius 1 is 1.19 bits per heavy atom. The van der Waals surface area contributed by atoms with E-state index in [-0.39, 0.29) is 18.1 Å². The van der Waals surface area contributed by atoms with E-state index < -0.39 is 0 Å². The molecule has 2 atom stereocenters. The van der Waals surface area contributed by atoms with Gasteiger partial charge in [0, 0.05) is 6.54 Å². The highest BCUT2D eigenvalue weighted by molar-refractivity contribution is 5.84. The van der Waals surface area contributed by atoms with Crippen LogP contribution in [0.4, 0.5) is 0 Å². The highest BCUT2D eigenvalue weighted by Gasteiger charge is 2.38. The molecule has 116 valence electrons. The number of carbonyl (C=O) groups excluding carboxylic acids is 1. The molecule has 0 aromatic heterocycles. The lowest BCUT2D eigenvalue weighted by atomic mass is 10.1. The van der Waals surface area contributed by atoms with Gasteiger partial charge in [-0.3, -0.25) is 10.1 Å². The largest absolute Gasteiger partial charge is 0.497 e. The van der Waals surface area contributed by atoms with Crippen LogP contribution in [0.2, 0.25) is 0 Å². The minimum absolute atomic E-state index is 0.00906. The number of nitrogens with one attached hydrogen (secondary N) is 1. The fourth-order valence-electron chi connectivity index (χ4n) is 2.84. The van der Waals surface area contributed by atoms with Crippen LogP contribution in [0.3, 0.4) is 0 Å². The van der Waals surface area contributed by atoms with Crippen LogP contribution in [0.5, 0.6) is 5.75 Å². The molecule has 2 rings (SSSR count). The van der Waals surface area contributed by atoms with E-state index in [0.717, 1.165) is 43.5 Å². The normalized spacial score (nSPS) is 21.9. The molecule has 1 aliphatic rings. The molecule has 1 aromatic carbocycles. The van der Waals surface area contributed by atoms with E-state index in [2.05, 4.69) is 19.2 Å². The Morgan fingerprint density at radius 2 is 1.90 bits per heavy atom. The number of methoxy groups -OCH3 is 1. The van der Waals surface area contributed by atoms with Crippen molar-refractivity contribution in [3.63, 3.8) is 0 Å². The van der Waals surface area contributed by atoms with Crippen LogP contribution in [0.1, 0.15) is 51.3 Å². The van der Waals surface area contributed by atoms with Crippen LogP contribution < -0.4 is 10.1 Å². The molecule has 0 saturated carbocycles. The zero-order valence-electron chi connectivity index (χ0n) is 13.3. The van der Waals surface area contributed by atoms with Gasteiger partial charge in [-0.25, -0.2) is 0 Å². The van der Waals surface area contributed by atoms with Gasteiger partial charge in [-0.2, -0.15) is 0 Å². The third kappa shape index (κ3) is 3.56. The zero-order chi connectivity index (χ0) is 15.2. The first-order chi connectivity index (χ1) is 10.2. The van der Waals surface area contributed by atoms with Crippen LogP contribution in [0.15, 0.2) is 24.3 Å². The molecule has 21 heavy (non-hydrogen) atoms. The number of unbranched alkanes of at least 4 members (excludes halogenated alkanes) is 1. The molecule has 1 aliphatic heterocycles. The summed E-state index contributed by atoms with van der Waals surface area (Å²) in [7, 11) is 1.66. The van der Waals surface area contributed by atoms with Crippen molar-refractivity contribution in [1.29, 1.82) is 0 Å². The van der Waals surface area contributed by atoms with Gasteiger partial charge in [0.05, 0.1) is 13.2 Å². The summed E-state index contributed by atoms with van der Waals surface area (Å²) >= 11 is 0. The summed E-state index contributed by atoms with van der Waals surface area (Å²) in [6.45, 7) is 5.06. The van der Waals surface area contributed by atoms with Crippen molar-refractivity contribution in [3.05, 3.63) is 29.8 Å². The Morgan fingerprint density at radius 3 is 2.48 bits per heavy atom. The number of benzene rings is 1. The average Bonchev–Trinajstić information content (AvgIpc) is 2.83. The number of hydrogen-bond donors (Lipinski definition) is 1. The van der Waals surface area contributed by atoms with Crippen LogP contribution >= 0.6 is 0 Å². The molecule has 1 aromatic rings. The fraction of sp³-hybridized carbons (Fsp3) is 0.588. The second kappa shape index (κ2) is 7.46. The summed E-state index contributed by atoms with van der Waals surface area (Å²) in [5.41, 5.74) is 1.12. The molecule has 2 unspecified atom stereocenters. The van der Waals surface area contributed by atoms with Crippen LogP contribution in [0, 0.1) is 0 Å². The molecule has 0 spiro atoms. The van der Waals surface area contributed by atoms with Gasteiger partial charge < -0.3 is 9.64 Å². The van der Waals surface area contributed by atoms with Crippen molar-refractivity contribution < 1.29 is 9.53 Å². The van der Waals surface area contributed by atoms with Crippen LogP contribution in [-0.2, 0) is 4.79 Å². The predicted molar refractivity (Wildman–Crippen MR) is 84.2 cm³/mol. The summed E-state index contributed by atoms with van der Waals surface area (Å²) in [4.78, 5) is 14.5. The first kappa shape index (κ1) is 15.8. The van der Waals surface area contributed by atoms with Gasteiger partial charge in [-0.15, -0.1) is 0 Å². The highest BCUT2D eigenvalue weighted by Crippen LogP contribution is 2.28. The molecule has 1 N–H and O–H groups in total. The second-order valence-electron chi connectivity index (χ2n) is 5.57. The predicted octanol–water partition coefficient (Wildman–Crippen LogP) is 3.09. The van der Waals surface area contributed by atoms with Crippen molar-refractivity contribution in [2.75, 3.05) is 13.7 Å². The Kier molecular flexibility index (Phi) is 5.62. The van der Waals surface area contributed by atoms with E-state index in [1.807, 2.05) is 29.2 Å². The van der Waals surface area contributed by atoms with Gasteiger partial charge in [0.15, 0.2) is 0 Å². The highest BCUT2D eigenvalue weighted by atomic mass is 16.5. The second-order valence-corrected chi connectivity index (χ2v) is 5.57. The summed E-state index contributed by atoms with van der Waals surface area (Å²) in [6.07, 6.45) is 4.08. The molecule has 1 saturated heterocycles. The van der Waals surface area contributed by atoms with Crippen molar-refractivity contribution >= 4 is 5.91 Å². The third-order valence-corrected chi connectivity index (χ3v) is 3.99. The van der Waals surface area contributed by atoms with E-state index in [9.17, 15) is 4.79 Å². The van der Waals surface area contributed by atoms with Gasteiger partial charge in [0.25, 0.3) is 0 Å².